The van der Waals surface area contributed by atoms with Crippen molar-refractivity contribution in [2.24, 2.45) is 0 Å². The molecule has 0 heterocycles. The first-order valence-corrected chi connectivity index (χ1v) is 14.7. The van der Waals surface area contributed by atoms with Crippen molar-refractivity contribution in [3.8, 4) is 11.1 Å². The third-order valence-electron chi connectivity index (χ3n) is 6.47. The van der Waals surface area contributed by atoms with Gasteiger partial charge >= 0.3 is 24.8 Å². The van der Waals surface area contributed by atoms with E-state index in [0.29, 0.717) is 29.4 Å². The van der Waals surface area contributed by atoms with Crippen LogP contribution in [-0.4, -0.2) is 53.9 Å². The molecule has 0 fully saturated rings. The second-order valence-corrected chi connectivity index (χ2v) is 10.8. The molecule has 39 heavy (non-hydrogen) atoms. The van der Waals surface area contributed by atoms with Gasteiger partial charge in [-0.05, 0) is 83.9 Å². The number of carboxylic acid groups (broad SMARTS) is 1. The maximum absolute atomic E-state index is 13.3. The van der Waals surface area contributed by atoms with Gasteiger partial charge in [-0.3, -0.25) is 4.79 Å². The molecule has 0 bridgehead atoms. The molecule has 0 radical (unpaired) electrons. The number of hydrogen-bond acceptors (Lipinski definition) is 4. The van der Waals surface area contributed by atoms with Gasteiger partial charge in [-0.15, -0.1) is 0 Å². The normalized spacial score (nSPS) is 12.3. The van der Waals surface area contributed by atoms with E-state index >= 15 is 0 Å². The molecule has 0 aromatic heterocycles. The van der Waals surface area contributed by atoms with Gasteiger partial charge in [-0.1, -0.05) is 73.8 Å². The van der Waals surface area contributed by atoms with Crippen molar-refractivity contribution in [1.29, 1.82) is 0 Å². The molecule has 3 aromatic carbocycles. The van der Waals surface area contributed by atoms with Crippen molar-refractivity contribution in [2.75, 3.05) is 12.0 Å². The number of hydrogen-bond donors (Lipinski definition) is 2. The van der Waals surface area contributed by atoms with E-state index in [1.54, 1.807) is 17.8 Å². The average molecular weight is 562 g/mol. The number of unbranched alkanes of at least 4 members (excludes halogenated alkanes) is 1. The number of aliphatic carboxylic acids is 1. The van der Waals surface area contributed by atoms with Crippen molar-refractivity contribution in [1.82, 2.24) is 5.32 Å². The van der Waals surface area contributed by atoms with E-state index in [1.807, 2.05) is 73.8 Å². The number of ether oxygens (including phenoxy) is 1. The molecule has 8 heteroatoms. The van der Waals surface area contributed by atoms with Gasteiger partial charge in [0.1, 0.15) is 6.04 Å². The van der Waals surface area contributed by atoms with E-state index in [1.165, 1.54) is 0 Å². The predicted octanol–water partition coefficient (Wildman–Crippen LogP) is 7.05. The van der Waals surface area contributed by atoms with Gasteiger partial charge < -0.3 is 15.2 Å². The summed E-state index contributed by atoms with van der Waals surface area (Å²) < 4.78 is 6.39. The molecule has 1 amide bonds. The number of benzene rings is 3. The van der Waals surface area contributed by atoms with Crippen LogP contribution in [0.4, 0.5) is 0 Å². The first-order chi connectivity index (χ1) is 18.3. The van der Waals surface area contributed by atoms with Crippen LogP contribution in [0.5, 0.6) is 0 Å². The molecule has 0 aliphatic carbocycles. The molecular weight excluding hydrogens is 525 g/mol. The summed E-state index contributed by atoms with van der Waals surface area (Å²) in [5.41, 5.74) is 5.12. The van der Waals surface area contributed by atoms with Gasteiger partial charge in [-0.25, -0.2) is 4.79 Å². The average Bonchev–Trinajstić information content (AvgIpc) is 2.91. The molecule has 2 N–H and O–H groups in total. The van der Waals surface area contributed by atoms with Crippen LogP contribution in [0.1, 0.15) is 65.8 Å². The summed E-state index contributed by atoms with van der Waals surface area (Å²) in [6.07, 6.45) is 5.16. The molecule has 0 aliphatic heterocycles. The molecule has 3 rings (SSSR count). The summed E-state index contributed by atoms with van der Waals surface area (Å²) >= 11 is 7.79. The Morgan fingerprint density at radius 1 is 1.03 bits per heavy atom. The number of carboxylic acids is 1. The minimum atomic E-state index is -1.03. The quantitative estimate of drug-likeness (QED) is 0.206. The molecule has 2 atom stereocenters. The topological polar surface area (TPSA) is 75.6 Å². The Morgan fingerprint density at radius 2 is 1.79 bits per heavy atom. The Hall–Kier alpha value is -2.20. The number of nitrogens with one attached hydrogen (secondary N) is 1. The van der Waals surface area contributed by atoms with E-state index in [2.05, 4.69) is 12.2 Å². The van der Waals surface area contributed by atoms with Gasteiger partial charge in [0.2, 0.25) is 0 Å². The molecule has 0 saturated heterocycles. The number of halogens is 1. The fourth-order valence-corrected chi connectivity index (χ4v) is 5.02. The van der Waals surface area contributed by atoms with E-state index in [-0.39, 0.29) is 25.0 Å². The van der Waals surface area contributed by atoms with E-state index in [9.17, 15) is 14.7 Å². The molecule has 0 spiro atoms. The fourth-order valence-electron chi connectivity index (χ4n) is 4.35. The van der Waals surface area contributed by atoms with Gasteiger partial charge in [0.05, 0.1) is 12.7 Å². The minimum absolute atomic E-state index is 0. The molecule has 0 saturated carbocycles. The Bertz CT molecular complexity index is 1240. The summed E-state index contributed by atoms with van der Waals surface area (Å²) in [5.74, 6) is -0.790. The first kappa shape index (κ1) is 33.0. The van der Waals surface area contributed by atoms with Crippen LogP contribution in [0.2, 0.25) is 5.02 Å². The summed E-state index contributed by atoms with van der Waals surface area (Å²) in [7, 11) is 0. The molecule has 5 nitrogen and oxygen atoms in total. The molecule has 1 unspecified atom stereocenters. The summed E-state index contributed by atoms with van der Waals surface area (Å²) in [6.45, 7) is 4.52. The fraction of sp³-hybridized carbons (Fsp3) is 0.355. The summed E-state index contributed by atoms with van der Waals surface area (Å²) in [4.78, 5) is 25.1. The number of thioether (sulfide) groups is 1. The van der Waals surface area contributed by atoms with Gasteiger partial charge in [0.15, 0.2) is 0 Å². The zero-order valence-electron chi connectivity index (χ0n) is 22.2. The van der Waals surface area contributed by atoms with Gasteiger partial charge in [0, 0.05) is 10.6 Å². The van der Waals surface area contributed by atoms with Crippen LogP contribution in [0.25, 0.3) is 11.1 Å². The van der Waals surface area contributed by atoms with Gasteiger partial charge in [-0.2, -0.15) is 11.8 Å². The van der Waals surface area contributed by atoms with Gasteiger partial charge in [0.25, 0.3) is 5.91 Å². The zero-order valence-corrected chi connectivity index (χ0v) is 23.8. The molecular formula is C31H37ClLiNO4S. The predicted molar refractivity (Wildman–Crippen MR) is 164 cm³/mol. The monoisotopic (exact) mass is 561 g/mol. The zero-order chi connectivity index (χ0) is 27.5. The van der Waals surface area contributed by atoms with E-state index in [4.69, 9.17) is 16.3 Å². The molecule has 3 aromatic rings. The van der Waals surface area contributed by atoms with Crippen LogP contribution in [0, 0.1) is 6.92 Å². The van der Waals surface area contributed by atoms with E-state index < -0.39 is 17.9 Å². The second-order valence-electron chi connectivity index (χ2n) is 9.34. The SMILES string of the molecule is CCCCC(OCc1ccc(C(=O)N[C@@H](CCSC)C(=O)O)c(-c2ccccc2C)c1)c1cccc(Cl)c1.[LiH]. The maximum atomic E-state index is 13.3. The second kappa shape index (κ2) is 16.8. The van der Waals surface area contributed by atoms with Crippen molar-refractivity contribution in [2.45, 2.75) is 58.3 Å². The third-order valence-corrected chi connectivity index (χ3v) is 7.35. The van der Waals surface area contributed by atoms with Crippen LogP contribution in [-0.2, 0) is 16.1 Å². The van der Waals surface area contributed by atoms with Crippen molar-refractivity contribution >= 4 is 54.1 Å². The van der Waals surface area contributed by atoms with Crippen molar-refractivity contribution < 1.29 is 19.4 Å². The van der Waals surface area contributed by atoms with Crippen LogP contribution >= 0.6 is 23.4 Å². The standard InChI is InChI=1S/C31H36ClNO4S.Li.H/c1-4-5-13-29(23-10-8-11-24(32)19-23)37-20-22-14-15-26(27(18-22)25-12-7-6-9-21(25)2)30(34)33-28(31(35)36)16-17-38-3;;/h6-12,14-15,18-19,28-29H,4-5,13,16-17,20H2,1-3H3,(H,33,34)(H,35,36);;/t28-,29?;;/m0../s1. The number of carbonyl (C=O) groups is 2. The number of amides is 1. The Kier molecular flexibility index (Phi) is 14.2. The van der Waals surface area contributed by atoms with Crippen LogP contribution in [0.3, 0.4) is 0 Å². The molecule has 204 valence electrons. The first-order valence-electron chi connectivity index (χ1n) is 12.9. The Balaban J connectivity index is 0.00000533. The van der Waals surface area contributed by atoms with Crippen molar-refractivity contribution in [3.05, 3.63) is 94.0 Å². The van der Waals surface area contributed by atoms with Crippen molar-refractivity contribution in [3.63, 3.8) is 0 Å². The van der Waals surface area contributed by atoms with Crippen LogP contribution in [0.15, 0.2) is 66.7 Å². The molecule has 0 aliphatic rings. The number of carbonyl (C=O) groups excluding carboxylic acids is 1. The summed E-state index contributed by atoms with van der Waals surface area (Å²) in [6, 6.07) is 20.3. The summed E-state index contributed by atoms with van der Waals surface area (Å²) in [5, 5.41) is 13.0. The van der Waals surface area contributed by atoms with E-state index in [0.717, 1.165) is 47.1 Å². The Labute approximate surface area is 253 Å². The third kappa shape index (κ3) is 9.74. The Morgan fingerprint density at radius 3 is 2.46 bits per heavy atom. The number of aryl methyl sites for hydroxylation is 1. The number of rotatable bonds is 14. The van der Waals surface area contributed by atoms with Crippen LogP contribution < -0.4 is 5.32 Å².